The van der Waals surface area contributed by atoms with E-state index >= 15 is 0 Å². The topological polar surface area (TPSA) is 49.4 Å². The average molecular weight is 208 g/mol. The minimum Gasteiger partial charge on any atom is -0.316 e. The fourth-order valence-electron chi connectivity index (χ4n) is 0.880. The molecule has 0 unspecified atom stereocenters. The Morgan fingerprint density at radius 3 is 2.38 bits per heavy atom. The van der Waals surface area contributed by atoms with Crippen LogP contribution in [0.15, 0.2) is 0 Å². The van der Waals surface area contributed by atoms with Crippen LogP contribution in [-0.2, 0) is 9.84 Å². The van der Waals surface area contributed by atoms with Gasteiger partial charge < -0.3 is 10.2 Å². The van der Waals surface area contributed by atoms with E-state index in [-0.39, 0.29) is 5.75 Å². The summed E-state index contributed by atoms with van der Waals surface area (Å²) in [5, 5.41) is 3.19. The number of rotatable bonds is 7. The van der Waals surface area contributed by atoms with Crippen LogP contribution >= 0.6 is 0 Å². The molecule has 0 rings (SSSR count). The molecule has 0 spiro atoms. The Bertz CT molecular complexity index is 214. The molecule has 0 radical (unpaired) electrons. The van der Waals surface area contributed by atoms with E-state index in [1.807, 2.05) is 11.9 Å². The molecule has 0 saturated carbocycles. The van der Waals surface area contributed by atoms with Gasteiger partial charge in [0.25, 0.3) is 0 Å². The maximum atomic E-state index is 10.8. The Hall–Kier alpha value is -0.130. The fraction of sp³-hybridized carbons (Fsp3) is 1.00. The minimum atomic E-state index is -2.81. The lowest BCUT2D eigenvalue weighted by Gasteiger charge is -2.15. The summed E-state index contributed by atoms with van der Waals surface area (Å²) in [5.41, 5.74) is 0. The smallest absolute Gasteiger partial charge is 0.148 e. The van der Waals surface area contributed by atoms with E-state index in [0.717, 1.165) is 19.6 Å². The summed E-state index contributed by atoms with van der Waals surface area (Å²) in [6.07, 6.45) is 1.27. The highest BCUT2D eigenvalue weighted by Gasteiger charge is 2.04. The van der Waals surface area contributed by atoms with Crippen molar-refractivity contribution in [3.63, 3.8) is 0 Å². The molecule has 0 aliphatic rings. The third kappa shape index (κ3) is 9.79. The van der Waals surface area contributed by atoms with Crippen LogP contribution in [0, 0.1) is 0 Å². The Balaban J connectivity index is 3.46. The Labute approximate surface area is 81.2 Å². The van der Waals surface area contributed by atoms with Gasteiger partial charge in [0, 0.05) is 25.9 Å². The SMILES string of the molecule is CCNCCN(C)CCS(C)(=O)=O. The second kappa shape index (κ2) is 6.34. The molecule has 5 heteroatoms. The molecule has 80 valence electrons. The van der Waals surface area contributed by atoms with Gasteiger partial charge in [-0.2, -0.15) is 0 Å². The van der Waals surface area contributed by atoms with Crippen molar-refractivity contribution in [3.8, 4) is 0 Å². The first-order chi connectivity index (χ1) is 5.95. The predicted molar refractivity (Wildman–Crippen MR) is 55.8 cm³/mol. The van der Waals surface area contributed by atoms with Crippen LogP contribution in [0.2, 0.25) is 0 Å². The molecule has 0 aromatic carbocycles. The highest BCUT2D eigenvalue weighted by molar-refractivity contribution is 7.90. The standard InChI is InChI=1S/C8H20N2O2S/c1-4-9-5-6-10(2)7-8-13(3,11)12/h9H,4-8H2,1-3H3. The van der Waals surface area contributed by atoms with Crippen molar-refractivity contribution in [1.29, 1.82) is 0 Å². The first-order valence-electron chi connectivity index (χ1n) is 4.52. The maximum absolute atomic E-state index is 10.8. The summed E-state index contributed by atoms with van der Waals surface area (Å²) in [6.45, 7) is 5.43. The second-order valence-electron chi connectivity index (χ2n) is 3.29. The van der Waals surface area contributed by atoms with Gasteiger partial charge >= 0.3 is 0 Å². The van der Waals surface area contributed by atoms with E-state index in [4.69, 9.17) is 0 Å². The van der Waals surface area contributed by atoms with E-state index in [2.05, 4.69) is 12.2 Å². The number of likely N-dealkylation sites (N-methyl/N-ethyl adjacent to an activating group) is 2. The summed E-state index contributed by atoms with van der Waals surface area (Å²) in [6, 6.07) is 0. The molecular weight excluding hydrogens is 188 g/mol. The Kier molecular flexibility index (Phi) is 6.28. The van der Waals surface area contributed by atoms with Crippen molar-refractivity contribution in [2.75, 3.05) is 45.2 Å². The first kappa shape index (κ1) is 12.9. The summed E-state index contributed by atoms with van der Waals surface area (Å²) in [7, 11) is -0.879. The number of hydrogen-bond acceptors (Lipinski definition) is 4. The van der Waals surface area contributed by atoms with Gasteiger partial charge in [0.2, 0.25) is 0 Å². The van der Waals surface area contributed by atoms with Crippen molar-refractivity contribution >= 4 is 9.84 Å². The van der Waals surface area contributed by atoms with Gasteiger partial charge in [0.1, 0.15) is 9.84 Å². The van der Waals surface area contributed by atoms with Crippen LogP contribution in [-0.4, -0.2) is 58.6 Å². The lowest BCUT2D eigenvalue weighted by atomic mass is 10.5. The normalized spacial score (nSPS) is 12.3. The lowest BCUT2D eigenvalue weighted by Crippen LogP contribution is -2.32. The maximum Gasteiger partial charge on any atom is 0.148 e. The van der Waals surface area contributed by atoms with Gasteiger partial charge in [-0.25, -0.2) is 8.42 Å². The van der Waals surface area contributed by atoms with Gasteiger partial charge in [-0.3, -0.25) is 0 Å². The largest absolute Gasteiger partial charge is 0.316 e. The molecule has 0 bridgehead atoms. The summed E-state index contributed by atoms with van der Waals surface area (Å²) in [5.74, 6) is 0.246. The van der Waals surface area contributed by atoms with Crippen LogP contribution in [0.1, 0.15) is 6.92 Å². The molecule has 0 aliphatic carbocycles. The van der Waals surface area contributed by atoms with Crippen LogP contribution in [0.3, 0.4) is 0 Å². The van der Waals surface area contributed by atoms with Gasteiger partial charge in [-0.1, -0.05) is 6.92 Å². The first-order valence-corrected chi connectivity index (χ1v) is 6.58. The van der Waals surface area contributed by atoms with E-state index in [1.165, 1.54) is 6.26 Å². The molecule has 1 N–H and O–H groups in total. The van der Waals surface area contributed by atoms with Crippen molar-refractivity contribution < 1.29 is 8.42 Å². The molecular formula is C8H20N2O2S. The van der Waals surface area contributed by atoms with Crippen molar-refractivity contribution in [3.05, 3.63) is 0 Å². The quantitative estimate of drug-likeness (QED) is 0.577. The second-order valence-corrected chi connectivity index (χ2v) is 5.55. The molecule has 0 saturated heterocycles. The highest BCUT2D eigenvalue weighted by Crippen LogP contribution is 1.86. The average Bonchev–Trinajstić information content (AvgIpc) is 2.00. The van der Waals surface area contributed by atoms with Crippen LogP contribution < -0.4 is 5.32 Å². The zero-order valence-electron chi connectivity index (χ0n) is 8.71. The monoisotopic (exact) mass is 208 g/mol. The van der Waals surface area contributed by atoms with E-state index in [9.17, 15) is 8.42 Å². The van der Waals surface area contributed by atoms with Crippen LogP contribution in [0.4, 0.5) is 0 Å². The minimum absolute atomic E-state index is 0.246. The number of nitrogens with zero attached hydrogens (tertiary/aromatic N) is 1. The summed E-state index contributed by atoms with van der Waals surface area (Å²) >= 11 is 0. The van der Waals surface area contributed by atoms with Crippen molar-refractivity contribution in [2.45, 2.75) is 6.92 Å². The molecule has 13 heavy (non-hydrogen) atoms. The Morgan fingerprint density at radius 1 is 1.31 bits per heavy atom. The highest BCUT2D eigenvalue weighted by atomic mass is 32.2. The molecule has 0 aromatic rings. The van der Waals surface area contributed by atoms with Crippen molar-refractivity contribution in [1.82, 2.24) is 10.2 Å². The third-order valence-corrected chi connectivity index (χ3v) is 2.69. The van der Waals surface area contributed by atoms with E-state index in [1.54, 1.807) is 0 Å². The Morgan fingerprint density at radius 2 is 1.92 bits per heavy atom. The van der Waals surface area contributed by atoms with E-state index < -0.39 is 9.84 Å². The van der Waals surface area contributed by atoms with Gasteiger partial charge in [0.15, 0.2) is 0 Å². The molecule has 0 aromatic heterocycles. The zero-order chi connectivity index (χ0) is 10.3. The molecule has 0 amide bonds. The number of hydrogen-bond donors (Lipinski definition) is 1. The predicted octanol–water partition coefficient (Wildman–Crippen LogP) is -0.428. The summed E-state index contributed by atoms with van der Waals surface area (Å²) < 4.78 is 21.6. The van der Waals surface area contributed by atoms with Gasteiger partial charge in [-0.05, 0) is 13.6 Å². The molecule has 0 heterocycles. The van der Waals surface area contributed by atoms with Crippen LogP contribution in [0.5, 0.6) is 0 Å². The molecule has 0 fully saturated rings. The third-order valence-electron chi connectivity index (χ3n) is 1.76. The van der Waals surface area contributed by atoms with E-state index in [0.29, 0.717) is 6.54 Å². The zero-order valence-corrected chi connectivity index (χ0v) is 9.52. The summed E-state index contributed by atoms with van der Waals surface area (Å²) in [4.78, 5) is 2.02. The lowest BCUT2D eigenvalue weighted by molar-refractivity contribution is 0.351. The molecule has 4 nitrogen and oxygen atoms in total. The van der Waals surface area contributed by atoms with Gasteiger partial charge in [0.05, 0.1) is 5.75 Å². The van der Waals surface area contributed by atoms with Crippen LogP contribution in [0.25, 0.3) is 0 Å². The van der Waals surface area contributed by atoms with Gasteiger partial charge in [-0.15, -0.1) is 0 Å². The van der Waals surface area contributed by atoms with Crippen molar-refractivity contribution in [2.24, 2.45) is 0 Å². The molecule has 0 atom stereocenters. The number of sulfone groups is 1. The molecule has 0 aliphatic heterocycles. The fourth-order valence-corrected chi connectivity index (χ4v) is 1.52. The number of nitrogens with one attached hydrogen (secondary N) is 1.